The van der Waals surface area contributed by atoms with E-state index in [1.54, 1.807) is 0 Å². The number of nitrogens with zero attached hydrogens (tertiary/aromatic N) is 6. The largest absolute Gasteiger partial charge is 0.370 e. The van der Waals surface area contributed by atoms with Crippen molar-refractivity contribution in [1.29, 1.82) is 0 Å². The average Bonchev–Trinajstić information content (AvgIpc) is 3.35. The summed E-state index contributed by atoms with van der Waals surface area (Å²) >= 11 is 0. The average molecular weight is 350 g/mol. The molecule has 7 heteroatoms. The van der Waals surface area contributed by atoms with Gasteiger partial charge in [0.15, 0.2) is 0 Å². The molecule has 4 heterocycles. The predicted molar refractivity (Wildman–Crippen MR) is 95.3 cm³/mol. The monoisotopic (exact) mass is 350 g/mol. The minimum Gasteiger partial charge on any atom is -0.370 e. The molecular formula is C19H22N6O. The minimum atomic E-state index is 0.261. The number of piperidine rings is 1. The Hall–Kier alpha value is -2.51. The Kier molecular flexibility index (Phi) is 4.03. The van der Waals surface area contributed by atoms with Crippen molar-refractivity contribution in [2.24, 2.45) is 0 Å². The third-order valence-corrected chi connectivity index (χ3v) is 5.35. The van der Waals surface area contributed by atoms with Crippen molar-refractivity contribution in [2.45, 2.75) is 38.3 Å². The fourth-order valence-electron chi connectivity index (χ4n) is 3.98. The Bertz CT molecular complexity index is 857. The zero-order chi connectivity index (χ0) is 17.3. The molecule has 26 heavy (non-hydrogen) atoms. The van der Waals surface area contributed by atoms with E-state index in [1.165, 1.54) is 11.1 Å². The van der Waals surface area contributed by atoms with E-state index < -0.39 is 0 Å². The van der Waals surface area contributed by atoms with Gasteiger partial charge in [-0.3, -0.25) is 9.58 Å². The summed E-state index contributed by atoms with van der Waals surface area (Å²) in [6.07, 6.45) is 6.92. The van der Waals surface area contributed by atoms with Gasteiger partial charge in [-0.05, 0) is 23.6 Å². The Morgan fingerprint density at radius 1 is 1.12 bits per heavy atom. The number of benzene rings is 1. The molecule has 2 aromatic heterocycles. The van der Waals surface area contributed by atoms with Gasteiger partial charge in [0.1, 0.15) is 0 Å². The molecule has 1 saturated heterocycles. The van der Waals surface area contributed by atoms with E-state index in [1.807, 2.05) is 29.3 Å². The summed E-state index contributed by atoms with van der Waals surface area (Å²) in [5.74, 6) is 0. The van der Waals surface area contributed by atoms with Crippen molar-refractivity contribution in [3.05, 3.63) is 65.7 Å². The zero-order valence-corrected chi connectivity index (χ0v) is 14.6. The number of ether oxygens (including phenoxy) is 1. The van der Waals surface area contributed by atoms with Crippen LogP contribution >= 0.6 is 0 Å². The molecule has 3 aromatic rings. The highest BCUT2D eigenvalue weighted by atomic mass is 16.5. The Balaban J connectivity index is 1.24. The first kappa shape index (κ1) is 15.7. The van der Waals surface area contributed by atoms with Crippen molar-refractivity contribution in [3.63, 3.8) is 0 Å². The molecule has 0 amide bonds. The van der Waals surface area contributed by atoms with Gasteiger partial charge in [-0.2, -0.15) is 5.10 Å². The van der Waals surface area contributed by atoms with Crippen LogP contribution in [-0.4, -0.2) is 48.9 Å². The van der Waals surface area contributed by atoms with Crippen molar-refractivity contribution in [3.8, 4) is 0 Å². The van der Waals surface area contributed by atoms with Gasteiger partial charge >= 0.3 is 0 Å². The second-order valence-electron chi connectivity index (χ2n) is 7.13. The SMILES string of the molecule is c1cnn(Cc2ccc(CN3CC[C@@H]4OCc5cnnn5[C@H]4C3)cc2)c1. The van der Waals surface area contributed by atoms with E-state index in [-0.39, 0.29) is 12.1 Å². The summed E-state index contributed by atoms with van der Waals surface area (Å²) < 4.78 is 10.0. The van der Waals surface area contributed by atoms with E-state index in [0.717, 1.165) is 38.3 Å². The normalized spacial score (nSPS) is 22.8. The molecule has 0 bridgehead atoms. The molecule has 0 radical (unpaired) electrons. The molecule has 2 aliphatic heterocycles. The highest BCUT2D eigenvalue weighted by molar-refractivity contribution is 5.23. The molecule has 7 nitrogen and oxygen atoms in total. The Labute approximate surface area is 152 Å². The van der Waals surface area contributed by atoms with Gasteiger partial charge in [0.25, 0.3) is 0 Å². The van der Waals surface area contributed by atoms with Crippen molar-refractivity contribution >= 4 is 0 Å². The van der Waals surface area contributed by atoms with Gasteiger partial charge < -0.3 is 4.74 Å². The fraction of sp³-hybridized carbons (Fsp3) is 0.421. The molecule has 2 aliphatic rings. The van der Waals surface area contributed by atoms with Gasteiger partial charge in [0.2, 0.25) is 0 Å². The van der Waals surface area contributed by atoms with E-state index >= 15 is 0 Å². The van der Waals surface area contributed by atoms with Crippen LogP contribution in [0.2, 0.25) is 0 Å². The van der Waals surface area contributed by atoms with Crippen LogP contribution in [0, 0.1) is 0 Å². The summed E-state index contributed by atoms with van der Waals surface area (Å²) in [6, 6.07) is 11.1. The summed E-state index contributed by atoms with van der Waals surface area (Å²) in [7, 11) is 0. The molecule has 1 fully saturated rings. The summed E-state index contributed by atoms with van der Waals surface area (Å²) in [6.45, 7) is 4.41. The maximum Gasteiger partial charge on any atom is 0.0930 e. The van der Waals surface area contributed by atoms with Gasteiger partial charge in [-0.1, -0.05) is 29.5 Å². The predicted octanol–water partition coefficient (Wildman–Crippen LogP) is 1.87. The van der Waals surface area contributed by atoms with Crippen LogP contribution in [0.1, 0.15) is 29.3 Å². The summed E-state index contributed by atoms with van der Waals surface area (Å²) in [4.78, 5) is 2.49. The highest BCUT2D eigenvalue weighted by Crippen LogP contribution is 2.30. The Morgan fingerprint density at radius 2 is 1.96 bits per heavy atom. The quantitative estimate of drug-likeness (QED) is 0.719. The lowest BCUT2D eigenvalue weighted by Crippen LogP contribution is -2.47. The van der Waals surface area contributed by atoms with Crippen LogP contribution in [0.3, 0.4) is 0 Å². The van der Waals surface area contributed by atoms with Crippen molar-refractivity contribution < 1.29 is 4.74 Å². The molecule has 5 rings (SSSR count). The second-order valence-corrected chi connectivity index (χ2v) is 7.13. The van der Waals surface area contributed by atoms with E-state index in [9.17, 15) is 0 Å². The molecule has 0 N–H and O–H groups in total. The number of hydrogen-bond donors (Lipinski definition) is 0. The van der Waals surface area contributed by atoms with Gasteiger partial charge in [0, 0.05) is 32.0 Å². The smallest absolute Gasteiger partial charge is 0.0930 e. The molecule has 0 saturated carbocycles. The molecule has 0 aliphatic carbocycles. The van der Waals surface area contributed by atoms with Crippen LogP contribution in [0.5, 0.6) is 0 Å². The third-order valence-electron chi connectivity index (χ3n) is 5.35. The minimum absolute atomic E-state index is 0.261. The lowest BCUT2D eigenvalue weighted by atomic mass is 9.99. The van der Waals surface area contributed by atoms with Crippen LogP contribution in [0.15, 0.2) is 48.9 Å². The topological polar surface area (TPSA) is 61.0 Å². The standard InChI is InChI=1S/C19H22N6O/c1-7-21-24(8-1)12-16-4-2-15(3-5-16)11-23-9-6-19-18(13-23)25-17(14-26-19)10-20-22-25/h1-5,7-8,10,18-19H,6,9,11-14H2/t18-,19-/m0/s1. The molecule has 0 spiro atoms. The summed E-state index contributed by atoms with van der Waals surface area (Å²) in [5.41, 5.74) is 3.68. The molecular weight excluding hydrogens is 328 g/mol. The van der Waals surface area contributed by atoms with Crippen molar-refractivity contribution in [2.75, 3.05) is 13.1 Å². The first-order valence-electron chi connectivity index (χ1n) is 9.13. The molecule has 2 atom stereocenters. The third kappa shape index (κ3) is 3.04. The fourth-order valence-corrected chi connectivity index (χ4v) is 3.98. The second kappa shape index (κ2) is 6.66. The van der Waals surface area contributed by atoms with E-state index in [4.69, 9.17) is 4.74 Å². The molecule has 134 valence electrons. The number of aromatic nitrogens is 5. The lowest BCUT2D eigenvalue weighted by molar-refractivity contribution is -0.0669. The lowest BCUT2D eigenvalue weighted by Gasteiger charge is -2.41. The van der Waals surface area contributed by atoms with E-state index in [0.29, 0.717) is 6.61 Å². The van der Waals surface area contributed by atoms with Crippen LogP contribution < -0.4 is 0 Å². The first-order valence-corrected chi connectivity index (χ1v) is 9.13. The highest BCUT2D eigenvalue weighted by Gasteiger charge is 2.36. The van der Waals surface area contributed by atoms with Crippen LogP contribution in [0.25, 0.3) is 0 Å². The first-order chi connectivity index (χ1) is 12.8. The molecule has 0 unspecified atom stereocenters. The van der Waals surface area contributed by atoms with Crippen LogP contribution in [0.4, 0.5) is 0 Å². The zero-order valence-electron chi connectivity index (χ0n) is 14.6. The van der Waals surface area contributed by atoms with Gasteiger partial charge in [0.05, 0.1) is 37.2 Å². The summed E-state index contributed by atoms with van der Waals surface area (Å²) in [5, 5.41) is 12.6. The number of rotatable bonds is 4. The van der Waals surface area contributed by atoms with E-state index in [2.05, 4.69) is 49.3 Å². The molecule has 1 aromatic carbocycles. The maximum atomic E-state index is 6.00. The number of fused-ring (bicyclic) bond motifs is 3. The van der Waals surface area contributed by atoms with Crippen molar-refractivity contribution in [1.82, 2.24) is 29.7 Å². The number of likely N-dealkylation sites (tertiary alicyclic amines) is 1. The van der Waals surface area contributed by atoms with Gasteiger partial charge in [-0.25, -0.2) is 4.68 Å². The Morgan fingerprint density at radius 3 is 2.77 bits per heavy atom. The van der Waals surface area contributed by atoms with Gasteiger partial charge in [-0.15, -0.1) is 5.10 Å². The number of hydrogen-bond acceptors (Lipinski definition) is 5. The maximum absolute atomic E-state index is 6.00. The van der Waals surface area contributed by atoms with Crippen LogP contribution in [-0.2, 0) is 24.4 Å².